The third-order valence-electron chi connectivity index (χ3n) is 6.75. The van der Waals surface area contributed by atoms with Crippen LogP contribution in [-0.2, 0) is 19.1 Å². The quantitative estimate of drug-likeness (QED) is 0.566. The van der Waals surface area contributed by atoms with Crippen molar-refractivity contribution in [3.63, 3.8) is 0 Å². The predicted octanol–water partition coefficient (Wildman–Crippen LogP) is 2.99. The SMILES string of the molecule is COc1cc([C@@H]2c3c(cc4c(c3OC)OCO4)[C@H](OC(C)=O)[C@H]3COC(=O)[C@H]23)cc(OC)c1OC. The van der Waals surface area contributed by atoms with Crippen LogP contribution in [0.2, 0.25) is 0 Å². The van der Waals surface area contributed by atoms with Crippen molar-refractivity contribution in [2.75, 3.05) is 41.8 Å². The lowest BCUT2D eigenvalue weighted by Crippen LogP contribution is -2.36. The molecule has 5 rings (SSSR count). The van der Waals surface area contributed by atoms with Gasteiger partial charge in [0.25, 0.3) is 0 Å². The first-order valence-corrected chi connectivity index (χ1v) is 11.1. The lowest BCUT2D eigenvalue weighted by Gasteiger charge is -2.39. The second-order valence-electron chi connectivity index (χ2n) is 8.43. The normalized spacial score (nSPS) is 23.6. The number of carbonyl (C=O) groups is 2. The van der Waals surface area contributed by atoms with Crippen molar-refractivity contribution >= 4 is 11.9 Å². The summed E-state index contributed by atoms with van der Waals surface area (Å²) in [6.07, 6.45) is -0.736. The molecule has 35 heavy (non-hydrogen) atoms. The van der Waals surface area contributed by atoms with Crippen molar-refractivity contribution in [3.05, 3.63) is 34.9 Å². The van der Waals surface area contributed by atoms with Gasteiger partial charge in [-0.1, -0.05) is 0 Å². The number of cyclic esters (lactones) is 1. The van der Waals surface area contributed by atoms with Crippen LogP contribution < -0.4 is 28.4 Å². The van der Waals surface area contributed by atoms with Gasteiger partial charge in [0.15, 0.2) is 23.0 Å². The van der Waals surface area contributed by atoms with Crippen LogP contribution in [0.15, 0.2) is 18.2 Å². The van der Waals surface area contributed by atoms with Gasteiger partial charge in [0.2, 0.25) is 18.3 Å². The van der Waals surface area contributed by atoms with E-state index in [1.54, 1.807) is 18.2 Å². The average molecular weight is 486 g/mol. The van der Waals surface area contributed by atoms with Gasteiger partial charge in [-0.25, -0.2) is 0 Å². The van der Waals surface area contributed by atoms with Crippen molar-refractivity contribution in [1.29, 1.82) is 0 Å². The highest BCUT2D eigenvalue weighted by molar-refractivity contribution is 5.80. The molecule has 2 aromatic carbocycles. The van der Waals surface area contributed by atoms with E-state index >= 15 is 0 Å². The van der Waals surface area contributed by atoms with Gasteiger partial charge in [-0.3, -0.25) is 9.59 Å². The van der Waals surface area contributed by atoms with E-state index in [-0.39, 0.29) is 13.4 Å². The maximum absolute atomic E-state index is 13.2. The molecule has 2 heterocycles. The Hall–Kier alpha value is -3.82. The van der Waals surface area contributed by atoms with Crippen molar-refractivity contribution in [1.82, 2.24) is 0 Å². The zero-order valence-electron chi connectivity index (χ0n) is 20.0. The Morgan fingerprint density at radius 1 is 0.914 bits per heavy atom. The first-order valence-electron chi connectivity index (χ1n) is 11.1. The largest absolute Gasteiger partial charge is 0.493 e. The number of benzene rings is 2. The van der Waals surface area contributed by atoms with Gasteiger partial charge >= 0.3 is 11.9 Å². The van der Waals surface area contributed by atoms with E-state index in [1.165, 1.54) is 35.4 Å². The van der Waals surface area contributed by atoms with Crippen molar-refractivity contribution < 1.29 is 47.5 Å². The predicted molar refractivity (Wildman–Crippen MR) is 120 cm³/mol. The number of hydrogen-bond acceptors (Lipinski definition) is 10. The Morgan fingerprint density at radius 2 is 1.60 bits per heavy atom. The molecule has 0 radical (unpaired) electrons. The summed E-state index contributed by atoms with van der Waals surface area (Å²) in [7, 11) is 6.09. The highest BCUT2D eigenvalue weighted by Crippen LogP contribution is 2.60. The molecule has 186 valence electrons. The highest BCUT2D eigenvalue weighted by atomic mass is 16.7. The van der Waals surface area contributed by atoms with Gasteiger partial charge in [0.05, 0.1) is 41.0 Å². The zero-order valence-corrected chi connectivity index (χ0v) is 20.0. The summed E-state index contributed by atoms with van der Waals surface area (Å²) in [6.45, 7) is 1.47. The number of hydrogen-bond donors (Lipinski definition) is 0. The van der Waals surface area contributed by atoms with Crippen LogP contribution in [0.1, 0.15) is 35.6 Å². The topological polar surface area (TPSA) is 108 Å². The number of carbonyl (C=O) groups excluding carboxylic acids is 2. The molecule has 0 spiro atoms. The van der Waals surface area contributed by atoms with E-state index in [0.717, 1.165) is 0 Å². The summed E-state index contributed by atoms with van der Waals surface area (Å²) in [5.41, 5.74) is 2.03. The molecule has 1 aliphatic carbocycles. The fourth-order valence-corrected chi connectivity index (χ4v) is 5.41. The number of methoxy groups -OCH3 is 4. The summed E-state index contributed by atoms with van der Waals surface area (Å²) in [4.78, 5) is 25.2. The Morgan fingerprint density at radius 3 is 2.20 bits per heavy atom. The first-order chi connectivity index (χ1) is 16.9. The molecule has 0 saturated carbocycles. The molecular formula is C25H26O10. The molecule has 0 aromatic heterocycles. The van der Waals surface area contributed by atoms with E-state index in [4.69, 9.17) is 37.9 Å². The van der Waals surface area contributed by atoms with Crippen molar-refractivity contribution in [3.8, 4) is 34.5 Å². The number of rotatable bonds is 6. The fourth-order valence-electron chi connectivity index (χ4n) is 5.41. The van der Waals surface area contributed by atoms with Gasteiger partial charge in [-0.2, -0.15) is 0 Å². The van der Waals surface area contributed by atoms with Crippen LogP contribution in [-0.4, -0.2) is 53.8 Å². The van der Waals surface area contributed by atoms with Gasteiger partial charge in [-0.05, 0) is 23.8 Å². The molecule has 2 aromatic rings. The van der Waals surface area contributed by atoms with E-state index in [0.29, 0.717) is 51.2 Å². The minimum Gasteiger partial charge on any atom is -0.493 e. The number of ether oxygens (including phenoxy) is 8. The van der Waals surface area contributed by atoms with Gasteiger partial charge in [0.1, 0.15) is 6.10 Å². The molecule has 2 aliphatic heterocycles. The van der Waals surface area contributed by atoms with Crippen molar-refractivity contribution in [2.45, 2.75) is 18.9 Å². The first kappa shape index (κ1) is 22.9. The number of esters is 2. The van der Waals surface area contributed by atoms with Crippen LogP contribution in [0, 0.1) is 11.8 Å². The Bertz CT molecular complexity index is 1160. The van der Waals surface area contributed by atoms with Crippen LogP contribution in [0.25, 0.3) is 0 Å². The second-order valence-corrected chi connectivity index (χ2v) is 8.43. The summed E-state index contributed by atoms with van der Waals surface area (Å²) >= 11 is 0. The van der Waals surface area contributed by atoms with Crippen LogP contribution >= 0.6 is 0 Å². The Labute approximate surface area is 201 Å². The molecule has 0 unspecified atom stereocenters. The summed E-state index contributed by atoms with van der Waals surface area (Å²) < 4.78 is 45.1. The molecule has 4 atom stereocenters. The molecule has 0 amide bonds. The average Bonchev–Trinajstić information content (AvgIpc) is 3.48. The lowest BCUT2D eigenvalue weighted by molar-refractivity contribution is -0.152. The highest BCUT2D eigenvalue weighted by Gasteiger charge is 2.55. The van der Waals surface area contributed by atoms with Crippen LogP contribution in [0.5, 0.6) is 34.5 Å². The molecule has 10 heteroatoms. The van der Waals surface area contributed by atoms with E-state index in [9.17, 15) is 9.59 Å². The van der Waals surface area contributed by atoms with E-state index in [1.807, 2.05) is 0 Å². The Balaban J connectivity index is 1.82. The zero-order chi connectivity index (χ0) is 24.9. The number of fused-ring (bicyclic) bond motifs is 3. The maximum Gasteiger partial charge on any atom is 0.310 e. The van der Waals surface area contributed by atoms with Gasteiger partial charge < -0.3 is 37.9 Å². The van der Waals surface area contributed by atoms with Crippen LogP contribution in [0.3, 0.4) is 0 Å². The summed E-state index contributed by atoms with van der Waals surface area (Å²) in [5.74, 6) is 0.117. The standard InChI is InChI=1S/C25H26O10/c1-11(26)35-21-13-8-17-23(34-10-33-17)24(31-5)19(13)18(20-14(21)9-32-25(20)27)12-6-15(28-2)22(30-4)16(7-12)29-3/h6-8,14,18,20-21H,9-10H2,1-5H3/t14-,18+,20-,21-/m0/s1. The second kappa shape index (κ2) is 8.75. The van der Waals surface area contributed by atoms with E-state index in [2.05, 4.69) is 0 Å². The Kier molecular flexibility index (Phi) is 5.74. The lowest BCUT2D eigenvalue weighted by atomic mass is 9.65. The maximum atomic E-state index is 13.2. The molecule has 0 bridgehead atoms. The fraction of sp³-hybridized carbons (Fsp3) is 0.440. The summed E-state index contributed by atoms with van der Waals surface area (Å²) in [5, 5.41) is 0. The van der Waals surface area contributed by atoms with E-state index < -0.39 is 35.8 Å². The molecule has 1 saturated heterocycles. The molecule has 10 nitrogen and oxygen atoms in total. The monoisotopic (exact) mass is 486 g/mol. The molecular weight excluding hydrogens is 460 g/mol. The summed E-state index contributed by atoms with van der Waals surface area (Å²) in [6, 6.07) is 5.39. The smallest absolute Gasteiger partial charge is 0.310 e. The van der Waals surface area contributed by atoms with Gasteiger partial charge in [0, 0.05) is 29.9 Å². The van der Waals surface area contributed by atoms with Gasteiger partial charge in [-0.15, -0.1) is 0 Å². The molecule has 0 N–H and O–H groups in total. The third-order valence-corrected chi connectivity index (χ3v) is 6.75. The molecule has 1 fully saturated rings. The van der Waals surface area contributed by atoms with Crippen molar-refractivity contribution in [2.24, 2.45) is 11.8 Å². The third kappa shape index (κ3) is 3.46. The minimum absolute atomic E-state index is 0.0244. The molecule has 3 aliphatic rings. The van der Waals surface area contributed by atoms with Crippen LogP contribution in [0.4, 0.5) is 0 Å². The minimum atomic E-state index is -0.736.